The number of allylic oxidation sites excluding steroid dienone is 1. The van der Waals surface area contributed by atoms with Crippen molar-refractivity contribution in [2.75, 3.05) is 13.7 Å². The third-order valence-corrected chi connectivity index (χ3v) is 1.68. The Kier molecular flexibility index (Phi) is 4.49. The Labute approximate surface area is 95.0 Å². The topological polar surface area (TPSA) is 55.2 Å². The smallest absolute Gasteiger partial charge is 0.240 e. The number of rotatable bonds is 2. The van der Waals surface area contributed by atoms with Crippen LogP contribution in [0.5, 0.6) is 5.88 Å². The minimum atomic E-state index is -0.195. The molecule has 1 N–H and O–H groups in total. The Hall–Kier alpha value is -1.86. The van der Waals surface area contributed by atoms with Gasteiger partial charge in [-0.3, -0.25) is 0 Å². The first kappa shape index (κ1) is 12.2. The van der Waals surface area contributed by atoms with Crippen molar-refractivity contribution in [2.45, 2.75) is 13.8 Å². The SMILES string of the molecule is COc1nc(C#CCO)cnc1C=C(C)C. The van der Waals surface area contributed by atoms with Gasteiger partial charge >= 0.3 is 0 Å². The number of hydrogen-bond donors (Lipinski definition) is 1. The molecule has 4 heteroatoms. The van der Waals surface area contributed by atoms with E-state index < -0.39 is 0 Å². The number of nitrogens with zero attached hydrogens (tertiary/aromatic N) is 2. The van der Waals surface area contributed by atoms with Gasteiger partial charge in [0.2, 0.25) is 5.88 Å². The molecule has 16 heavy (non-hydrogen) atoms. The summed E-state index contributed by atoms with van der Waals surface area (Å²) in [6, 6.07) is 0. The Morgan fingerprint density at radius 2 is 2.31 bits per heavy atom. The third kappa shape index (κ3) is 3.37. The van der Waals surface area contributed by atoms with Gasteiger partial charge < -0.3 is 9.84 Å². The van der Waals surface area contributed by atoms with E-state index in [4.69, 9.17) is 9.84 Å². The molecule has 0 unspecified atom stereocenters. The third-order valence-electron chi connectivity index (χ3n) is 1.68. The van der Waals surface area contributed by atoms with E-state index in [1.165, 1.54) is 7.11 Å². The van der Waals surface area contributed by atoms with E-state index in [1.54, 1.807) is 6.20 Å². The largest absolute Gasteiger partial charge is 0.479 e. The molecule has 1 aromatic heterocycles. The van der Waals surface area contributed by atoms with Crippen LogP contribution in [0.15, 0.2) is 11.8 Å². The Balaban J connectivity index is 3.11. The first-order valence-corrected chi connectivity index (χ1v) is 4.83. The van der Waals surface area contributed by atoms with Crippen LogP contribution < -0.4 is 4.74 Å². The molecule has 1 rings (SSSR count). The van der Waals surface area contributed by atoms with Crippen LogP contribution in [0.1, 0.15) is 25.2 Å². The molecule has 0 radical (unpaired) electrons. The van der Waals surface area contributed by atoms with Crippen LogP contribution in [0.4, 0.5) is 0 Å². The summed E-state index contributed by atoms with van der Waals surface area (Å²) in [7, 11) is 1.54. The molecule has 0 spiro atoms. The summed E-state index contributed by atoms with van der Waals surface area (Å²) in [5, 5.41) is 8.57. The summed E-state index contributed by atoms with van der Waals surface area (Å²) < 4.78 is 5.12. The molecule has 0 aliphatic rings. The van der Waals surface area contributed by atoms with E-state index in [9.17, 15) is 0 Å². The lowest BCUT2D eigenvalue weighted by Gasteiger charge is -2.03. The van der Waals surface area contributed by atoms with Crippen molar-refractivity contribution in [1.29, 1.82) is 0 Å². The van der Waals surface area contributed by atoms with Gasteiger partial charge in [-0.25, -0.2) is 9.97 Å². The molecule has 1 heterocycles. The lowest BCUT2D eigenvalue weighted by molar-refractivity contribution is 0.350. The van der Waals surface area contributed by atoms with E-state index in [0.717, 1.165) is 5.57 Å². The molecule has 0 aliphatic carbocycles. The van der Waals surface area contributed by atoms with Crippen molar-refractivity contribution in [2.24, 2.45) is 0 Å². The maximum absolute atomic E-state index is 8.57. The average Bonchev–Trinajstić information content (AvgIpc) is 2.27. The number of methoxy groups -OCH3 is 1. The van der Waals surface area contributed by atoms with Crippen LogP contribution in [0.3, 0.4) is 0 Å². The lowest BCUT2D eigenvalue weighted by Crippen LogP contribution is -1.97. The van der Waals surface area contributed by atoms with Crippen LogP contribution >= 0.6 is 0 Å². The van der Waals surface area contributed by atoms with Crippen LogP contribution in [0, 0.1) is 11.8 Å². The molecule has 0 fully saturated rings. The van der Waals surface area contributed by atoms with Crippen molar-refractivity contribution < 1.29 is 9.84 Å². The molecule has 0 bridgehead atoms. The minimum absolute atomic E-state index is 0.195. The van der Waals surface area contributed by atoms with E-state index in [-0.39, 0.29) is 6.61 Å². The first-order chi connectivity index (χ1) is 7.67. The highest BCUT2D eigenvalue weighted by atomic mass is 16.5. The molecule has 84 valence electrons. The highest BCUT2D eigenvalue weighted by Crippen LogP contribution is 2.15. The predicted molar refractivity (Wildman–Crippen MR) is 61.9 cm³/mol. The fourth-order valence-corrected chi connectivity index (χ4v) is 1.09. The Morgan fingerprint density at radius 3 is 2.88 bits per heavy atom. The summed E-state index contributed by atoms with van der Waals surface area (Å²) in [5.74, 6) is 5.62. The lowest BCUT2D eigenvalue weighted by atomic mass is 10.2. The van der Waals surface area contributed by atoms with Gasteiger partial charge in [0.15, 0.2) is 0 Å². The summed E-state index contributed by atoms with van der Waals surface area (Å²) >= 11 is 0. The summed E-state index contributed by atoms with van der Waals surface area (Å²) in [6.45, 7) is 3.75. The van der Waals surface area contributed by atoms with Gasteiger partial charge in [0, 0.05) is 0 Å². The normalized spacial score (nSPS) is 9.00. The van der Waals surface area contributed by atoms with Crippen molar-refractivity contribution in [3.8, 4) is 17.7 Å². The molecule has 0 amide bonds. The first-order valence-electron chi connectivity index (χ1n) is 4.83. The molecule has 0 saturated carbocycles. The molecular formula is C12H14N2O2. The van der Waals surface area contributed by atoms with Crippen LogP contribution in [0.25, 0.3) is 6.08 Å². The maximum Gasteiger partial charge on any atom is 0.240 e. The van der Waals surface area contributed by atoms with E-state index in [1.807, 2.05) is 19.9 Å². The van der Waals surface area contributed by atoms with Crippen molar-refractivity contribution in [3.05, 3.63) is 23.2 Å². The van der Waals surface area contributed by atoms with Crippen LogP contribution in [0.2, 0.25) is 0 Å². The number of aliphatic hydroxyl groups excluding tert-OH is 1. The van der Waals surface area contributed by atoms with Gasteiger partial charge in [-0.2, -0.15) is 0 Å². The highest BCUT2D eigenvalue weighted by Gasteiger charge is 2.04. The maximum atomic E-state index is 8.57. The van der Waals surface area contributed by atoms with Gasteiger partial charge in [-0.15, -0.1) is 0 Å². The van der Waals surface area contributed by atoms with Crippen molar-refractivity contribution in [1.82, 2.24) is 9.97 Å². The number of ether oxygens (including phenoxy) is 1. The van der Waals surface area contributed by atoms with Gasteiger partial charge in [0.1, 0.15) is 18.0 Å². The quantitative estimate of drug-likeness (QED) is 0.759. The summed E-state index contributed by atoms with van der Waals surface area (Å²) in [6.07, 6.45) is 3.44. The van der Waals surface area contributed by atoms with Gasteiger partial charge in [0.25, 0.3) is 0 Å². The number of hydrogen-bond acceptors (Lipinski definition) is 4. The van der Waals surface area contributed by atoms with Crippen LogP contribution in [-0.4, -0.2) is 28.8 Å². The number of aliphatic hydroxyl groups is 1. The predicted octanol–water partition coefficient (Wildman–Crippen LogP) is 1.25. The van der Waals surface area contributed by atoms with E-state index >= 15 is 0 Å². The monoisotopic (exact) mass is 218 g/mol. The molecule has 1 aromatic rings. The van der Waals surface area contributed by atoms with Crippen molar-refractivity contribution >= 4 is 6.08 Å². The standard InChI is InChI=1S/C12H14N2O2/c1-9(2)7-11-12(16-3)14-10(8-13-11)5-4-6-15/h7-8,15H,6H2,1-3H3. The summed E-state index contributed by atoms with van der Waals surface area (Å²) in [5.41, 5.74) is 2.27. The Bertz CT molecular complexity index is 452. The van der Waals surface area contributed by atoms with Gasteiger partial charge in [0.05, 0.1) is 13.3 Å². The molecule has 0 saturated heterocycles. The highest BCUT2D eigenvalue weighted by molar-refractivity contribution is 5.53. The fourth-order valence-electron chi connectivity index (χ4n) is 1.09. The molecule has 0 aromatic carbocycles. The van der Waals surface area contributed by atoms with Gasteiger partial charge in [-0.05, 0) is 25.8 Å². The molecule has 4 nitrogen and oxygen atoms in total. The molecule has 0 aliphatic heterocycles. The van der Waals surface area contributed by atoms with Crippen LogP contribution in [-0.2, 0) is 0 Å². The van der Waals surface area contributed by atoms with E-state index in [0.29, 0.717) is 17.3 Å². The van der Waals surface area contributed by atoms with Crippen molar-refractivity contribution in [3.63, 3.8) is 0 Å². The number of aromatic nitrogens is 2. The second-order valence-electron chi connectivity index (χ2n) is 3.33. The average molecular weight is 218 g/mol. The second-order valence-corrected chi connectivity index (χ2v) is 3.33. The minimum Gasteiger partial charge on any atom is -0.479 e. The zero-order chi connectivity index (χ0) is 12.0. The molecule has 0 atom stereocenters. The van der Waals surface area contributed by atoms with E-state index in [2.05, 4.69) is 21.8 Å². The van der Waals surface area contributed by atoms with Gasteiger partial charge in [-0.1, -0.05) is 11.5 Å². The zero-order valence-corrected chi connectivity index (χ0v) is 9.61. The molecular weight excluding hydrogens is 204 g/mol. The zero-order valence-electron chi connectivity index (χ0n) is 9.61. The summed E-state index contributed by atoms with van der Waals surface area (Å²) in [4.78, 5) is 8.36. The second kappa shape index (κ2) is 5.89. The Morgan fingerprint density at radius 1 is 1.56 bits per heavy atom. The fraction of sp³-hybridized carbons (Fsp3) is 0.333.